The molecule has 2 heterocycles. The summed E-state index contributed by atoms with van der Waals surface area (Å²) in [6, 6.07) is 11.8. The summed E-state index contributed by atoms with van der Waals surface area (Å²) < 4.78 is 10.7. The van der Waals surface area contributed by atoms with Crippen LogP contribution in [0.15, 0.2) is 59.1 Å². The van der Waals surface area contributed by atoms with Crippen LogP contribution in [0.5, 0.6) is 5.75 Å². The third-order valence-electron chi connectivity index (χ3n) is 3.99. The minimum absolute atomic E-state index is 0.237. The molecule has 3 aromatic rings. The van der Waals surface area contributed by atoms with Gasteiger partial charge in [-0.1, -0.05) is 22.8 Å². The van der Waals surface area contributed by atoms with E-state index in [0.29, 0.717) is 33.4 Å². The highest BCUT2D eigenvalue weighted by Crippen LogP contribution is 2.32. The fraction of sp³-hybridized carbons (Fsp3) is 0.0526. The molecule has 0 spiro atoms. The Morgan fingerprint density at radius 1 is 1.07 bits per heavy atom. The van der Waals surface area contributed by atoms with Crippen LogP contribution < -0.4 is 9.64 Å². The zero-order chi connectivity index (χ0) is 19.0. The van der Waals surface area contributed by atoms with Gasteiger partial charge < -0.3 is 9.26 Å². The van der Waals surface area contributed by atoms with Gasteiger partial charge in [-0.3, -0.25) is 9.59 Å². The first-order valence-corrected chi connectivity index (χ1v) is 8.29. The Labute approximate surface area is 158 Å². The fourth-order valence-electron chi connectivity index (χ4n) is 2.74. The van der Waals surface area contributed by atoms with Crippen molar-refractivity contribution in [1.82, 2.24) is 10.1 Å². The molecule has 0 radical (unpaired) electrons. The zero-order valence-electron chi connectivity index (χ0n) is 14.0. The number of methoxy groups -OCH3 is 1. The molecular formula is C19H12ClN3O4. The van der Waals surface area contributed by atoms with Crippen molar-refractivity contribution in [2.45, 2.75) is 0 Å². The number of carbonyl (C=O) groups is 2. The lowest BCUT2D eigenvalue weighted by molar-refractivity contribution is -0.119. The summed E-state index contributed by atoms with van der Waals surface area (Å²) >= 11 is 6.05. The van der Waals surface area contributed by atoms with E-state index in [1.807, 2.05) is 0 Å². The van der Waals surface area contributed by atoms with E-state index in [1.54, 1.807) is 42.5 Å². The van der Waals surface area contributed by atoms with Gasteiger partial charge in [-0.05, 0) is 36.4 Å². The second-order valence-corrected chi connectivity index (χ2v) is 6.10. The molecule has 0 N–H and O–H groups in total. The Morgan fingerprint density at radius 3 is 2.59 bits per heavy atom. The van der Waals surface area contributed by atoms with Gasteiger partial charge in [-0.2, -0.15) is 4.98 Å². The van der Waals surface area contributed by atoms with Crippen molar-refractivity contribution in [3.05, 3.63) is 59.6 Å². The molecule has 0 saturated heterocycles. The topological polar surface area (TPSA) is 85.5 Å². The van der Waals surface area contributed by atoms with Crippen molar-refractivity contribution in [2.75, 3.05) is 12.0 Å². The van der Waals surface area contributed by atoms with E-state index in [2.05, 4.69) is 10.1 Å². The SMILES string of the molecule is COc1ccc(Cl)cc1-c1noc(-c2cccc(N3C(=O)C=CC3=O)c2)n1. The Kier molecular flexibility index (Phi) is 4.21. The first-order chi connectivity index (χ1) is 13.1. The van der Waals surface area contributed by atoms with E-state index < -0.39 is 11.8 Å². The number of carbonyl (C=O) groups excluding carboxylic acids is 2. The van der Waals surface area contributed by atoms with Crippen molar-refractivity contribution >= 4 is 29.1 Å². The first-order valence-electron chi connectivity index (χ1n) is 7.91. The number of halogens is 1. The average molecular weight is 382 g/mol. The second kappa shape index (κ2) is 6.69. The van der Waals surface area contributed by atoms with Gasteiger partial charge in [0.05, 0.1) is 18.4 Å². The monoisotopic (exact) mass is 381 g/mol. The quantitative estimate of drug-likeness (QED) is 0.643. The predicted octanol–water partition coefficient (Wildman–Crippen LogP) is 3.50. The van der Waals surface area contributed by atoms with Crippen LogP contribution in [0.25, 0.3) is 22.8 Å². The lowest BCUT2D eigenvalue weighted by atomic mass is 10.1. The normalized spacial score (nSPS) is 13.5. The minimum atomic E-state index is -0.396. The molecule has 1 aliphatic rings. The van der Waals surface area contributed by atoms with E-state index in [9.17, 15) is 9.59 Å². The van der Waals surface area contributed by atoms with Crippen molar-refractivity contribution in [1.29, 1.82) is 0 Å². The summed E-state index contributed by atoms with van der Waals surface area (Å²) in [7, 11) is 1.54. The molecule has 8 heteroatoms. The van der Waals surface area contributed by atoms with Crippen LogP contribution in [0, 0.1) is 0 Å². The largest absolute Gasteiger partial charge is 0.496 e. The molecule has 0 unspecified atom stereocenters. The first kappa shape index (κ1) is 17.0. The standard InChI is InChI=1S/C19H12ClN3O4/c1-26-15-6-5-12(20)10-14(15)18-21-19(27-22-18)11-3-2-4-13(9-11)23-16(24)7-8-17(23)25/h2-10H,1H3. The minimum Gasteiger partial charge on any atom is -0.496 e. The van der Waals surface area contributed by atoms with Crippen molar-refractivity contribution in [3.63, 3.8) is 0 Å². The third-order valence-corrected chi connectivity index (χ3v) is 4.22. The van der Waals surface area contributed by atoms with Crippen LogP contribution in [0.2, 0.25) is 5.02 Å². The molecule has 7 nitrogen and oxygen atoms in total. The molecule has 0 bridgehead atoms. The number of rotatable bonds is 4. The maximum atomic E-state index is 11.9. The zero-order valence-corrected chi connectivity index (χ0v) is 14.8. The Morgan fingerprint density at radius 2 is 1.85 bits per heavy atom. The molecule has 27 heavy (non-hydrogen) atoms. The van der Waals surface area contributed by atoms with Gasteiger partial charge in [-0.25, -0.2) is 4.90 Å². The third kappa shape index (κ3) is 3.09. The molecule has 0 atom stereocenters. The number of benzene rings is 2. The molecule has 2 amide bonds. The van der Waals surface area contributed by atoms with Crippen molar-refractivity contribution in [2.24, 2.45) is 0 Å². The molecule has 0 fully saturated rings. The van der Waals surface area contributed by atoms with E-state index in [0.717, 1.165) is 4.90 Å². The maximum Gasteiger partial charge on any atom is 0.258 e. The smallest absolute Gasteiger partial charge is 0.258 e. The molecule has 0 aliphatic carbocycles. The Hall–Kier alpha value is -3.45. The maximum absolute atomic E-state index is 11.9. The van der Waals surface area contributed by atoms with Crippen LogP contribution in [0.3, 0.4) is 0 Å². The number of imide groups is 1. The highest BCUT2D eigenvalue weighted by Gasteiger charge is 2.25. The van der Waals surface area contributed by atoms with Gasteiger partial charge in [0, 0.05) is 22.7 Å². The molecule has 0 saturated carbocycles. The number of anilines is 1. The molecule has 2 aromatic carbocycles. The van der Waals surface area contributed by atoms with Gasteiger partial charge in [0.25, 0.3) is 17.7 Å². The summed E-state index contributed by atoms with van der Waals surface area (Å²) in [4.78, 5) is 29.2. The van der Waals surface area contributed by atoms with E-state index in [1.165, 1.54) is 19.3 Å². The lowest BCUT2D eigenvalue weighted by Gasteiger charge is -2.13. The van der Waals surface area contributed by atoms with Crippen LogP contribution in [0.4, 0.5) is 5.69 Å². The van der Waals surface area contributed by atoms with Gasteiger partial charge in [0.2, 0.25) is 5.82 Å². The van der Waals surface area contributed by atoms with Gasteiger partial charge in [-0.15, -0.1) is 0 Å². The number of ether oxygens (including phenoxy) is 1. The van der Waals surface area contributed by atoms with E-state index >= 15 is 0 Å². The molecule has 1 aliphatic heterocycles. The molecule has 1 aromatic heterocycles. The second-order valence-electron chi connectivity index (χ2n) is 5.66. The lowest BCUT2D eigenvalue weighted by Crippen LogP contribution is -2.29. The number of hydrogen-bond donors (Lipinski definition) is 0. The number of hydrogen-bond acceptors (Lipinski definition) is 6. The van der Waals surface area contributed by atoms with E-state index in [-0.39, 0.29) is 5.89 Å². The molecular weight excluding hydrogens is 370 g/mol. The van der Waals surface area contributed by atoms with Gasteiger partial charge >= 0.3 is 0 Å². The summed E-state index contributed by atoms with van der Waals surface area (Å²) in [5, 5.41) is 4.50. The highest BCUT2D eigenvalue weighted by atomic mass is 35.5. The van der Waals surface area contributed by atoms with E-state index in [4.69, 9.17) is 20.9 Å². The molecule has 4 rings (SSSR count). The Balaban J connectivity index is 1.71. The fourth-order valence-corrected chi connectivity index (χ4v) is 2.91. The summed E-state index contributed by atoms with van der Waals surface area (Å²) in [5.74, 6) is 0.310. The summed E-state index contributed by atoms with van der Waals surface area (Å²) in [6.07, 6.45) is 2.45. The van der Waals surface area contributed by atoms with Crippen LogP contribution in [-0.4, -0.2) is 29.1 Å². The highest BCUT2D eigenvalue weighted by molar-refractivity contribution is 6.31. The van der Waals surface area contributed by atoms with Crippen LogP contribution in [-0.2, 0) is 9.59 Å². The van der Waals surface area contributed by atoms with Crippen molar-refractivity contribution < 1.29 is 18.8 Å². The number of nitrogens with zero attached hydrogens (tertiary/aromatic N) is 3. The van der Waals surface area contributed by atoms with Crippen LogP contribution in [0.1, 0.15) is 0 Å². The summed E-state index contributed by atoms with van der Waals surface area (Å²) in [6.45, 7) is 0. The predicted molar refractivity (Wildman–Crippen MR) is 98.4 cm³/mol. The summed E-state index contributed by atoms with van der Waals surface area (Å²) in [5.41, 5.74) is 1.58. The van der Waals surface area contributed by atoms with Gasteiger partial charge in [0.1, 0.15) is 5.75 Å². The van der Waals surface area contributed by atoms with Gasteiger partial charge in [0.15, 0.2) is 0 Å². The molecule has 134 valence electrons. The Bertz CT molecular complexity index is 1070. The van der Waals surface area contributed by atoms with Crippen LogP contribution >= 0.6 is 11.6 Å². The van der Waals surface area contributed by atoms with Crippen molar-refractivity contribution in [3.8, 4) is 28.6 Å². The number of amides is 2. The number of aromatic nitrogens is 2. The average Bonchev–Trinajstić information content (AvgIpc) is 3.29.